The minimum Gasteiger partial charge on any atom is -0.507 e. The molecular formula is C6H5BrClNO. The van der Waals surface area contributed by atoms with Gasteiger partial charge in [-0.3, -0.25) is 0 Å². The van der Waals surface area contributed by atoms with Crippen molar-refractivity contribution < 1.29 is 5.11 Å². The number of phenolic OH excluding ortho intramolecular Hbond substituents is 1. The molecular weight excluding hydrogens is 217 g/mol. The van der Waals surface area contributed by atoms with Crippen molar-refractivity contribution in [1.82, 2.24) is 0 Å². The predicted octanol–water partition coefficient (Wildman–Crippen LogP) is 2.39. The molecule has 0 spiro atoms. The van der Waals surface area contributed by atoms with Crippen molar-refractivity contribution in [3.05, 3.63) is 21.6 Å². The van der Waals surface area contributed by atoms with Crippen molar-refractivity contribution in [2.75, 3.05) is 5.73 Å². The number of hydrogen-bond donors (Lipinski definition) is 2. The SMILES string of the molecule is Nc1c(Cl)ccc(O)c1Br. The molecule has 0 aliphatic rings. The lowest BCUT2D eigenvalue weighted by molar-refractivity contribution is 0.472. The van der Waals surface area contributed by atoms with E-state index >= 15 is 0 Å². The normalized spacial score (nSPS) is 9.80. The lowest BCUT2D eigenvalue weighted by atomic mass is 10.3. The number of nitrogens with two attached hydrogens (primary N) is 1. The lowest BCUT2D eigenvalue weighted by Gasteiger charge is -2.01. The molecule has 0 saturated heterocycles. The third-order valence-electron chi connectivity index (χ3n) is 1.11. The Morgan fingerprint density at radius 2 is 2.10 bits per heavy atom. The molecule has 0 fully saturated rings. The summed E-state index contributed by atoms with van der Waals surface area (Å²) in [5.74, 6) is 0.0990. The molecule has 0 amide bonds. The molecule has 3 N–H and O–H groups in total. The monoisotopic (exact) mass is 221 g/mol. The van der Waals surface area contributed by atoms with Gasteiger partial charge in [-0.1, -0.05) is 11.6 Å². The molecule has 2 nitrogen and oxygen atoms in total. The van der Waals surface area contributed by atoms with Crippen molar-refractivity contribution in [1.29, 1.82) is 0 Å². The van der Waals surface area contributed by atoms with E-state index in [1.807, 2.05) is 0 Å². The zero-order valence-corrected chi connectivity index (χ0v) is 7.28. The predicted molar refractivity (Wildman–Crippen MR) is 45.2 cm³/mol. The molecule has 0 aliphatic heterocycles. The number of nitrogen functional groups attached to an aromatic ring is 1. The first-order valence-corrected chi connectivity index (χ1v) is 3.72. The van der Waals surface area contributed by atoms with Crippen molar-refractivity contribution in [3.63, 3.8) is 0 Å². The maximum absolute atomic E-state index is 9.04. The van der Waals surface area contributed by atoms with E-state index in [0.29, 0.717) is 15.2 Å². The summed E-state index contributed by atoms with van der Waals surface area (Å²) in [4.78, 5) is 0. The minimum absolute atomic E-state index is 0.0990. The summed E-state index contributed by atoms with van der Waals surface area (Å²) in [6.45, 7) is 0. The molecule has 1 rings (SSSR count). The molecule has 0 radical (unpaired) electrons. The number of halogens is 2. The molecule has 0 atom stereocenters. The average molecular weight is 222 g/mol. The van der Waals surface area contributed by atoms with Gasteiger partial charge in [0.2, 0.25) is 0 Å². The van der Waals surface area contributed by atoms with E-state index in [1.165, 1.54) is 12.1 Å². The Morgan fingerprint density at radius 1 is 1.50 bits per heavy atom. The van der Waals surface area contributed by atoms with Crippen LogP contribution in [-0.4, -0.2) is 5.11 Å². The summed E-state index contributed by atoms with van der Waals surface area (Å²) in [7, 11) is 0. The summed E-state index contributed by atoms with van der Waals surface area (Å²) < 4.78 is 0.444. The smallest absolute Gasteiger partial charge is 0.131 e. The third kappa shape index (κ3) is 1.20. The van der Waals surface area contributed by atoms with Gasteiger partial charge in [0.25, 0.3) is 0 Å². The van der Waals surface area contributed by atoms with Crippen LogP contribution in [0, 0.1) is 0 Å². The second kappa shape index (κ2) is 2.68. The molecule has 1 aromatic carbocycles. The van der Waals surface area contributed by atoms with Gasteiger partial charge < -0.3 is 10.8 Å². The van der Waals surface area contributed by atoms with Crippen LogP contribution in [0.4, 0.5) is 5.69 Å². The van der Waals surface area contributed by atoms with Crippen molar-refractivity contribution >= 4 is 33.2 Å². The Hall–Kier alpha value is -0.410. The zero-order chi connectivity index (χ0) is 7.72. The fourth-order valence-corrected chi connectivity index (χ4v) is 1.18. The minimum atomic E-state index is 0.0990. The van der Waals surface area contributed by atoms with Crippen molar-refractivity contribution in [2.24, 2.45) is 0 Å². The van der Waals surface area contributed by atoms with E-state index in [0.717, 1.165) is 0 Å². The largest absolute Gasteiger partial charge is 0.507 e. The highest BCUT2D eigenvalue weighted by molar-refractivity contribution is 9.10. The maximum Gasteiger partial charge on any atom is 0.131 e. The number of phenols is 1. The zero-order valence-electron chi connectivity index (χ0n) is 4.94. The van der Waals surface area contributed by atoms with Gasteiger partial charge in [-0.2, -0.15) is 0 Å². The van der Waals surface area contributed by atoms with Crippen LogP contribution in [0.3, 0.4) is 0 Å². The highest BCUT2D eigenvalue weighted by Crippen LogP contribution is 2.34. The van der Waals surface area contributed by atoms with E-state index in [-0.39, 0.29) is 5.75 Å². The van der Waals surface area contributed by atoms with Crippen LogP contribution in [-0.2, 0) is 0 Å². The second-order valence-corrected chi connectivity index (χ2v) is 2.99. The van der Waals surface area contributed by atoms with Crippen LogP contribution < -0.4 is 5.73 Å². The molecule has 0 aromatic heterocycles. The first kappa shape index (κ1) is 7.69. The van der Waals surface area contributed by atoms with E-state index in [2.05, 4.69) is 15.9 Å². The van der Waals surface area contributed by atoms with E-state index in [4.69, 9.17) is 22.4 Å². The van der Waals surface area contributed by atoms with Crippen LogP contribution >= 0.6 is 27.5 Å². The summed E-state index contributed by atoms with van der Waals surface area (Å²) >= 11 is 8.69. The lowest BCUT2D eigenvalue weighted by Crippen LogP contribution is -1.87. The summed E-state index contributed by atoms with van der Waals surface area (Å²) in [6, 6.07) is 3.01. The standard InChI is InChI=1S/C6H5BrClNO/c7-5-4(10)2-1-3(8)6(5)9/h1-2,10H,9H2. The van der Waals surface area contributed by atoms with Gasteiger partial charge in [0.15, 0.2) is 0 Å². The molecule has 4 heteroatoms. The van der Waals surface area contributed by atoms with Gasteiger partial charge in [-0.15, -0.1) is 0 Å². The molecule has 0 heterocycles. The first-order chi connectivity index (χ1) is 4.63. The maximum atomic E-state index is 9.04. The molecule has 1 aromatic rings. The summed E-state index contributed by atoms with van der Waals surface area (Å²) in [6.07, 6.45) is 0. The molecule has 0 bridgehead atoms. The highest BCUT2D eigenvalue weighted by atomic mass is 79.9. The van der Waals surface area contributed by atoms with Crippen LogP contribution in [0.5, 0.6) is 5.75 Å². The molecule has 0 saturated carbocycles. The van der Waals surface area contributed by atoms with Gasteiger partial charge in [-0.05, 0) is 28.1 Å². The Kier molecular flexibility index (Phi) is 2.06. The highest BCUT2D eigenvalue weighted by Gasteiger charge is 2.04. The fraction of sp³-hybridized carbons (Fsp3) is 0. The number of benzene rings is 1. The van der Waals surface area contributed by atoms with E-state index in [9.17, 15) is 0 Å². The topological polar surface area (TPSA) is 46.2 Å². The van der Waals surface area contributed by atoms with Crippen LogP contribution in [0.1, 0.15) is 0 Å². The van der Waals surface area contributed by atoms with E-state index < -0.39 is 0 Å². The van der Waals surface area contributed by atoms with Gasteiger partial charge >= 0.3 is 0 Å². The molecule has 54 valence electrons. The Labute approximate surface area is 71.7 Å². The van der Waals surface area contributed by atoms with Crippen molar-refractivity contribution in [3.8, 4) is 5.75 Å². The number of anilines is 1. The first-order valence-electron chi connectivity index (χ1n) is 2.55. The number of hydrogen-bond acceptors (Lipinski definition) is 2. The second-order valence-electron chi connectivity index (χ2n) is 1.79. The molecule has 0 unspecified atom stereocenters. The number of rotatable bonds is 0. The molecule has 0 aliphatic carbocycles. The van der Waals surface area contributed by atoms with Crippen LogP contribution in [0.25, 0.3) is 0 Å². The number of aromatic hydroxyl groups is 1. The van der Waals surface area contributed by atoms with Crippen molar-refractivity contribution in [2.45, 2.75) is 0 Å². The van der Waals surface area contributed by atoms with Gasteiger partial charge in [0.1, 0.15) is 5.75 Å². The average Bonchev–Trinajstić information content (AvgIpc) is 1.93. The van der Waals surface area contributed by atoms with Gasteiger partial charge in [0.05, 0.1) is 15.2 Å². The van der Waals surface area contributed by atoms with Gasteiger partial charge in [-0.25, -0.2) is 0 Å². The summed E-state index contributed by atoms with van der Waals surface area (Å²) in [5.41, 5.74) is 5.81. The fourth-order valence-electron chi connectivity index (χ4n) is 0.558. The molecule has 10 heavy (non-hydrogen) atoms. The Bertz CT molecular complexity index is 237. The summed E-state index contributed by atoms with van der Waals surface area (Å²) in [5, 5.41) is 9.47. The third-order valence-corrected chi connectivity index (χ3v) is 2.27. The van der Waals surface area contributed by atoms with Crippen LogP contribution in [0.15, 0.2) is 16.6 Å². The Balaban J connectivity index is 3.34. The quantitative estimate of drug-likeness (QED) is 0.662. The van der Waals surface area contributed by atoms with E-state index in [1.54, 1.807) is 0 Å². The van der Waals surface area contributed by atoms with Crippen LogP contribution in [0.2, 0.25) is 5.02 Å². The van der Waals surface area contributed by atoms with Gasteiger partial charge in [0, 0.05) is 0 Å². The Morgan fingerprint density at radius 3 is 2.60 bits per heavy atom.